The van der Waals surface area contributed by atoms with Crippen molar-refractivity contribution in [1.29, 1.82) is 0 Å². The molecule has 3 aliphatic rings. The van der Waals surface area contributed by atoms with Crippen LogP contribution in [0, 0.1) is 17.2 Å². The molecular weight excluding hydrogens is 736 g/mol. The molecule has 3 aromatic rings. The third-order valence-electron chi connectivity index (χ3n) is 10.7. The molecule has 5 atom stereocenters. The van der Waals surface area contributed by atoms with Gasteiger partial charge in [-0.15, -0.1) is 6.58 Å². The van der Waals surface area contributed by atoms with Crippen molar-refractivity contribution >= 4 is 44.2 Å². The molecule has 294 valence electrons. The lowest BCUT2D eigenvalue weighted by atomic mass is 9.85. The van der Waals surface area contributed by atoms with Gasteiger partial charge in [0.15, 0.2) is 0 Å². The molecule has 11 nitrogen and oxygen atoms in total. The van der Waals surface area contributed by atoms with Gasteiger partial charge < -0.3 is 20.3 Å². The second-order valence-corrected chi connectivity index (χ2v) is 18.2. The zero-order valence-corrected chi connectivity index (χ0v) is 32.2. The average Bonchev–Trinajstić information content (AvgIpc) is 4.00. The average molecular weight is 782 g/mol. The minimum absolute atomic E-state index is 0.0359. The molecule has 3 fully saturated rings. The summed E-state index contributed by atoms with van der Waals surface area (Å²) in [5, 5.41) is 7.28. The van der Waals surface area contributed by atoms with E-state index in [0.29, 0.717) is 24.3 Å². The zero-order chi connectivity index (χ0) is 40.1. The molecule has 3 amide bonds. The van der Waals surface area contributed by atoms with Crippen LogP contribution in [0.4, 0.5) is 18.9 Å². The molecule has 1 saturated heterocycles. The van der Waals surface area contributed by atoms with Gasteiger partial charge in [-0.25, -0.2) is 17.8 Å². The topological polar surface area (TPSA) is 147 Å². The van der Waals surface area contributed by atoms with Gasteiger partial charge >= 0.3 is 0 Å². The lowest BCUT2D eigenvalue weighted by molar-refractivity contribution is -0.141. The predicted molar refractivity (Wildman–Crippen MR) is 202 cm³/mol. The maximum absolute atomic E-state index is 14.9. The summed E-state index contributed by atoms with van der Waals surface area (Å²) in [5.74, 6) is -6.98. The number of carbonyl (C=O) groups is 3. The molecule has 2 saturated carbocycles. The molecule has 6 rings (SSSR count). The molecule has 2 heterocycles. The first-order chi connectivity index (χ1) is 25.7. The fourth-order valence-corrected chi connectivity index (χ4v) is 8.30. The number of halogens is 3. The van der Waals surface area contributed by atoms with Crippen LogP contribution in [0.15, 0.2) is 79.5 Å². The van der Waals surface area contributed by atoms with E-state index in [9.17, 15) is 36.0 Å². The van der Waals surface area contributed by atoms with Crippen LogP contribution in [0.3, 0.4) is 0 Å². The largest absolute Gasteiger partial charge is 0.472 e. The molecule has 2 aromatic carbocycles. The van der Waals surface area contributed by atoms with E-state index in [4.69, 9.17) is 4.74 Å². The number of benzene rings is 2. The maximum atomic E-state index is 14.9. The Bertz CT molecular complexity index is 2160. The van der Waals surface area contributed by atoms with Gasteiger partial charge in [-0.2, -0.15) is 8.78 Å². The van der Waals surface area contributed by atoms with Gasteiger partial charge in [0.1, 0.15) is 29.5 Å². The van der Waals surface area contributed by atoms with Crippen LogP contribution in [0.5, 0.6) is 5.88 Å². The SMILES string of the molecule is C=CC1CC1(NC(=O)C1CC(Oc2nccc3ccccc23)CN1C(=O)C(Nc1cc(F)cc(C(F)(F)C=CC)c1)C(C)(C)C)C(=O)NS(=O)(=O)C1(C)CC1. The number of likely N-dealkylation sites (tertiary alicyclic amines) is 1. The number of allylic oxidation sites excluding steroid dienone is 2. The molecular formula is C40H46F3N5O6S. The Kier molecular flexibility index (Phi) is 10.3. The number of sulfonamides is 1. The number of aromatic nitrogens is 1. The smallest absolute Gasteiger partial charge is 0.291 e. The molecule has 5 unspecified atom stereocenters. The molecule has 55 heavy (non-hydrogen) atoms. The summed E-state index contributed by atoms with van der Waals surface area (Å²) in [6, 6.07) is 9.61. The van der Waals surface area contributed by atoms with Gasteiger partial charge in [-0.1, -0.05) is 51.1 Å². The van der Waals surface area contributed by atoms with Gasteiger partial charge in [-0.05, 0) is 80.3 Å². The van der Waals surface area contributed by atoms with E-state index in [0.717, 1.165) is 29.7 Å². The lowest BCUT2D eigenvalue weighted by Crippen LogP contribution is -2.59. The number of hydrogen-bond donors (Lipinski definition) is 3. The van der Waals surface area contributed by atoms with Crippen molar-refractivity contribution in [2.24, 2.45) is 11.3 Å². The first-order valence-electron chi connectivity index (χ1n) is 18.1. The fourth-order valence-electron chi connectivity index (χ4n) is 6.99. The summed E-state index contributed by atoms with van der Waals surface area (Å²) in [7, 11) is -4.04. The fraction of sp³-hybridized carbons (Fsp3) is 0.450. The van der Waals surface area contributed by atoms with Crippen molar-refractivity contribution in [3.05, 3.63) is 90.9 Å². The van der Waals surface area contributed by atoms with Crippen molar-refractivity contribution in [3.8, 4) is 5.88 Å². The number of hydrogen-bond acceptors (Lipinski definition) is 8. The minimum atomic E-state index is -4.04. The predicted octanol–water partition coefficient (Wildman–Crippen LogP) is 5.98. The van der Waals surface area contributed by atoms with Crippen LogP contribution in [-0.2, 0) is 30.3 Å². The molecule has 0 radical (unpaired) electrons. The van der Waals surface area contributed by atoms with Crippen LogP contribution in [0.2, 0.25) is 0 Å². The normalized spacial score (nSPS) is 23.9. The van der Waals surface area contributed by atoms with Crippen LogP contribution in [0.25, 0.3) is 10.8 Å². The van der Waals surface area contributed by atoms with E-state index in [1.807, 2.05) is 30.3 Å². The minimum Gasteiger partial charge on any atom is -0.472 e. The van der Waals surface area contributed by atoms with Crippen molar-refractivity contribution in [1.82, 2.24) is 19.9 Å². The van der Waals surface area contributed by atoms with E-state index in [1.165, 1.54) is 24.8 Å². The molecule has 2 aliphatic carbocycles. The van der Waals surface area contributed by atoms with E-state index in [2.05, 4.69) is 26.9 Å². The Labute approximate surface area is 318 Å². The second kappa shape index (κ2) is 14.3. The molecule has 3 N–H and O–H groups in total. The van der Waals surface area contributed by atoms with Gasteiger partial charge in [-0.3, -0.25) is 19.1 Å². The molecule has 1 aromatic heterocycles. The maximum Gasteiger partial charge on any atom is 0.291 e. The summed E-state index contributed by atoms with van der Waals surface area (Å²) in [6.45, 7) is 11.8. The summed E-state index contributed by atoms with van der Waals surface area (Å²) < 4.78 is 78.0. The summed E-state index contributed by atoms with van der Waals surface area (Å²) >= 11 is 0. The zero-order valence-electron chi connectivity index (χ0n) is 31.4. The van der Waals surface area contributed by atoms with Gasteiger partial charge in [0.2, 0.25) is 27.7 Å². The molecule has 15 heteroatoms. The highest BCUT2D eigenvalue weighted by atomic mass is 32.2. The van der Waals surface area contributed by atoms with Gasteiger partial charge in [0, 0.05) is 35.2 Å². The monoisotopic (exact) mass is 781 g/mol. The van der Waals surface area contributed by atoms with Crippen LogP contribution in [0.1, 0.15) is 65.9 Å². The number of pyridine rings is 1. The summed E-state index contributed by atoms with van der Waals surface area (Å²) in [6.07, 6.45) is 4.91. The first-order valence-corrected chi connectivity index (χ1v) is 19.6. The first kappa shape index (κ1) is 39.8. The van der Waals surface area contributed by atoms with Crippen molar-refractivity contribution < 1.29 is 40.7 Å². The number of carbonyl (C=O) groups excluding carboxylic acids is 3. The van der Waals surface area contributed by atoms with Crippen LogP contribution in [-0.4, -0.2) is 71.0 Å². The van der Waals surface area contributed by atoms with E-state index < -0.39 is 84.9 Å². The highest BCUT2D eigenvalue weighted by Gasteiger charge is 2.63. The third kappa shape index (κ3) is 7.94. The summed E-state index contributed by atoms with van der Waals surface area (Å²) in [4.78, 5) is 48.4. The van der Waals surface area contributed by atoms with Crippen LogP contribution >= 0.6 is 0 Å². The third-order valence-corrected chi connectivity index (χ3v) is 12.9. The molecule has 0 bridgehead atoms. The van der Waals surface area contributed by atoms with Crippen LogP contribution < -0.4 is 20.1 Å². The number of nitrogens with one attached hydrogen (secondary N) is 3. The Hall–Kier alpha value is -4.92. The Morgan fingerprint density at radius 1 is 1.11 bits per heavy atom. The van der Waals surface area contributed by atoms with Gasteiger partial charge in [0.05, 0.1) is 11.3 Å². The Balaban J connectivity index is 1.32. The summed E-state index contributed by atoms with van der Waals surface area (Å²) in [5.41, 5.74) is -3.23. The van der Waals surface area contributed by atoms with Crippen molar-refractivity contribution in [2.45, 2.75) is 94.7 Å². The quantitative estimate of drug-likeness (QED) is 0.180. The number of fused-ring (bicyclic) bond motifs is 1. The second-order valence-electron chi connectivity index (χ2n) is 16.0. The van der Waals surface area contributed by atoms with Crippen molar-refractivity contribution in [2.75, 3.05) is 11.9 Å². The number of alkyl halides is 2. The highest BCUT2D eigenvalue weighted by Crippen LogP contribution is 2.47. The number of rotatable bonds is 13. The lowest BCUT2D eigenvalue weighted by Gasteiger charge is -2.36. The van der Waals surface area contributed by atoms with E-state index in [-0.39, 0.29) is 31.0 Å². The Morgan fingerprint density at radius 2 is 1.82 bits per heavy atom. The molecule has 0 spiro atoms. The number of ether oxygens (including phenoxy) is 1. The standard InChI is InChI=1S/C40H46F3N5O6S/c1-7-14-40(42,43)26-18-27(41)20-28(19-26)45-32(37(3,4)5)35(50)48-23-29(54-34-30-12-10-9-11-24(30)13-17-44-34)21-31(48)33(49)46-39(22-25(39)8-2)36(51)47-55(52,53)38(6)15-16-38/h7-14,17-20,25,29,31-32,45H,2,15-16,21-23H2,1,3-6H3,(H,46,49)(H,47,51). The van der Waals surface area contributed by atoms with Crippen molar-refractivity contribution in [3.63, 3.8) is 0 Å². The van der Waals surface area contributed by atoms with Gasteiger partial charge in [0.25, 0.3) is 11.8 Å². The van der Waals surface area contributed by atoms with E-state index >= 15 is 0 Å². The van der Waals surface area contributed by atoms with E-state index in [1.54, 1.807) is 27.0 Å². The number of anilines is 1. The number of amides is 3. The molecule has 1 aliphatic heterocycles. The Morgan fingerprint density at radius 3 is 2.45 bits per heavy atom. The number of nitrogens with zero attached hydrogens (tertiary/aromatic N) is 2. The highest BCUT2D eigenvalue weighted by molar-refractivity contribution is 7.91.